The Balaban J connectivity index is 2.01. The minimum Gasteiger partial charge on any atom is -0.496 e. The van der Waals surface area contributed by atoms with Crippen LogP contribution >= 0.6 is 15.9 Å². The van der Waals surface area contributed by atoms with Crippen molar-refractivity contribution >= 4 is 15.9 Å². The molecule has 1 aromatic rings. The summed E-state index contributed by atoms with van der Waals surface area (Å²) in [4.78, 5) is 0. The van der Waals surface area contributed by atoms with Crippen molar-refractivity contribution in [1.29, 1.82) is 0 Å². The van der Waals surface area contributed by atoms with Gasteiger partial charge in [0.05, 0.1) is 11.6 Å². The Morgan fingerprint density at radius 3 is 2.52 bits per heavy atom. The minimum atomic E-state index is 0.540. The monoisotopic (exact) mass is 353 g/mol. The van der Waals surface area contributed by atoms with Gasteiger partial charge in [-0.1, -0.05) is 19.9 Å². The molecule has 1 aliphatic rings. The maximum Gasteiger partial charge on any atom is 0.133 e. The Labute approximate surface area is 137 Å². The molecule has 1 aromatic carbocycles. The van der Waals surface area contributed by atoms with Gasteiger partial charge in [-0.2, -0.15) is 0 Å². The third-order valence-electron chi connectivity index (χ3n) is 5.00. The number of hydrogen-bond acceptors (Lipinski definition) is 2. The van der Waals surface area contributed by atoms with Crippen LogP contribution in [0.25, 0.3) is 0 Å². The van der Waals surface area contributed by atoms with Crippen LogP contribution in [0.5, 0.6) is 5.75 Å². The molecule has 2 rings (SSSR count). The number of rotatable bonds is 5. The molecule has 0 radical (unpaired) electrons. The molecule has 21 heavy (non-hydrogen) atoms. The number of methoxy groups -OCH3 is 1. The topological polar surface area (TPSA) is 21.3 Å². The van der Waals surface area contributed by atoms with Crippen LogP contribution in [0.15, 0.2) is 22.7 Å². The molecule has 0 aliphatic heterocycles. The average molecular weight is 354 g/mol. The summed E-state index contributed by atoms with van der Waals surface area (Å²) in [5.41, 5.74) is 1.91. The van der Waals surface area contributed by atoms with E-state index >= 15 is 0 Å². The van der Waals surface area contributed by atoms with Gasteiger partial charge in [-0.3, -0.25) is 0 Å². The van der Waals surface area contributed by atoms with Gasteiger partial charge in [-0.05, 0) is 84.1 Å². The van der Waals surface area contributed by atoms with Crippen molar-refractivity contribution in [2.45, 2.75) is 52.0 Å². The van der Waals surface area contributed by atoms with Crippen molar-refractivity contribution in [3.63, 3.8) is 0 Å². The molecule has 1 atom stereocenters. The number of ether oxygens (including phenoxy) is 1. The molecular weight excluding hydrogens is 326 g/mol. The standard InChI is InChI=1S/C18H28BrNO/c1-18(2)9-7-14(8-10-18)16(20-3)12-13-5-6-17(21-4)15(19)11-13/h5-6,11,14,16,20H,7-10,12H2,1-4H3. The summed E-state index contributed by atoms with van der Waals surface area (Å²) >= 11 is 3.58. The molecule has 0 bridgehead atoms. The predicted octanol–water partition coefficient (Wildman–Crippen LogP) is 4.80. The second-order valence-corrected chi connectivity index (χ2v) is 7.92. The van der Waals surface area contributed by atoms with Gasteiger partial charge in [-0.25, -0.2) is 0 Å². The van der Waals surface area contributed by atoms with Crippen LogP contribution in [0.3, 0.4) is 0 Å². The lowest BCUT2D eigenvalue weighted by molar-refractivity contribution is 0.163. The third-order valence-corrected chi connectivity index (χ3v) is 5.62. The summed E-state index contributed by atoms with van der Waals surface area (Å²) in [6.45, 7) is 4.80. The second kappa shape index (κ2) is 7.15. The Kier molecular flexibility index (Phi) is 5.73. The average Bonchev–Trinajstić information content (AvgIpc) is 2.45. The molecule has 1 unspecified atom stereocenters. The SMILES string of the molecule is CNC(Cc1ccc(OC)c(Br)c1)C1CCC(C)(C)CC1. The van der Waals surface area contributed by atoms with Gasteiger partial charge in [0.2, 0.25) is 0 Å². The Morgan fingerprint density at radius 1 is 1.33 bits per heavy atom. The number of likely N-dealkylation sites (N-methyl/N-ethyl adjacent to an activating group) is 1. The van der Waals surface area contributed by atoms with Gasteiger partial charge in [0.1, 0.15) is 5.75 Å². The molecule has 3 heteroatoms. The fraction of sp³-hybridized carbons (Fsp3) is 0.667. The zero-order valence-electron chi connectivity index (χ0n) is 13.7. The summed E-state index contributed by atoms with van der Waals surface area (Å²) in [5.74, 6) is 1.70. The molecule has 118 valence electrons. The molecule has 0 amide bonds. The van der Waals surface area contributed by atoms with Crippen LogP contribution in [0.1, 0.15) is 45.1 Å². The van der Waals surface area contributed by atoms with Crippen LogP contribution in [0.2, 0.25) is 0 Å². The molecule has 1 aliphatic carbocycles. The van der Waals surface area contributed by atoms with E-state index in [1.807, 2.05) is 0 Å². The Morgan fingerprint density at radius 2 is 2.00 bits per heavy atom. The van der Waals surface area contributed by atoms with E-state index in [9.17, 15) is 0 Å². The van der Waals surface area contributed by atoms with Crippen molar-refractivity contribution < 1.29 is 4.74 Å². The van der Waals surface area contributed by atoms with E-state index in [2.05, 4.69) is 60.3 Å². The smallest absolute Gasteiger partial charge is 0.133 e. The van der Waals surface area contributed by atoms with E-state index in [1.165, 1.54) is 31.2 Å². The van der Waals surface area contributed by atoms with Crippen molar-refractivity contribution in [2.75, 3.05) is 14.2 Å². The lowest BCUT2D eigenvalue weighted by atomic mass is 9.70. The number of halogens is 1. The van der Waals surface area contributed by atoms with Crippen molar-refractivity contribution in [3.05, 3.63) is 28.2 Å². The van der Waals surface area contributed by atoms with Crippen molar-refractivity contribution in [1.82, 2.24) is 5.32 Å². The summed E-state index contributed by atoms with van der Waals surface area (Å²) < 4.78 is 6.35. The van der Waals surface area contributed by atoms with E-state index in [-0.39, 0.29) is 0 Å². The normalized spacial score (nSPS) is 20.2. The quantitative estimate of drug-likeness (QED) is 0.820. The molecule has 0 heterocycles. The summed E-state index contributed by atoms with van der Waals surface area (Å²) in [5, 5.41) is 3.55. The molecule has 2 nitrogen and oxygen atoms in total. The molecule has 1 saturated carbocycles. The molecule has 1 fully saturated rings. The fourth-order valence-corrected chi connectivity index (χ4v) is 4.01. The molecule has 0 aromatic heterocycles. The molecule has 0 saturated heterocycles. The van der Waals surface area contributed by atoms with E-state index in [0.717, 1.165) is 22.6 Å². The maximum atomic E-state index is 5.31. The number of nitrogens with one attached hydrogen (secondary N) is 1. The largest absolute Gasteiger partial charge is 0.496 e. The predicted molar refractivity (Wildman–Crippen MR) is 93.0 cm³/mol. The van der Waals surface area contributed by atoms with E-state index in [0.29, 0.717) is 11.5 Å². The number of hydrogen-bond donors (Lipinski definition) is 1. The van der Waals surface area contributed by atoms with Crippen LogP contribution < -0.4 is 10.1 Å². The van der Waals surface area contributed by atoms with Gasteiger partial charge < -0.3 is 10.1 Å². The molecular formula is C18H28BrNO. The van der Waals surface area contributed by atoms with Gasteiger partial charge >= 0.3 is 0 Å². The zero-order chi connectivity index (χ0) is 15.5. The van der Waals surface area contributed by atoms with E-state index in [4.69, 9.17) is 4.74 Å². The summed E-state index contributed by atoms with van der Waals surface area (Å²) in [6.07, 6.45) is 6.47. The van der Waals surface area contributed by atoms with Crippen LogP contribution in [0.4, 0.5) is 0 Å². The first-order chi connectivity index (χ1) is 9.95. The summed E-state index contributed by atoms with van der Waals surface area (Å²) in [6, 6.07) is 6.99. The van der Waals surface area contributed by atoms with Gasteiger partial charge in [-0.15, -0.1) is 0 Å². The lowest BCUT2D eigenvalue weighted by Crippen LogP contribution is -2.38. The maximum absolute atomic E-state index is 5.31. The highest BCUT2D eigenvalue weighted by Gasteiger charge is 2.30. The van der Waals surface area contributed by atoms with Gasteiger partial charge in [0, 0.05) is 6.04 Å². The van der Waals surface area contributed by atoms with Crippen molar-refractivity contribution in [2.24, 2.45) is 11.3 Å². The Bertz CT molecular complexity index is 462. The highest BCUT2D eigenvalue weighted by molar-refractivity contribution is 9.10. The molecule has 1 N–H and O–H groups in total. The van der Waals surface area contributed by atoms with E-state index in [1.54, 1.807) is 7.11 Å². The van der Waals surface area contributed by atoms with Gasteiger partial charge in [0.25, 0.3) is 0 Å². The molecule has 0 spiro atoms. The minimum absolute atomic E-state index is 0.540. The first kappa shape index (κ1) is 16.8. The van der Waals surface area contributed by atoms with Crippen LogP contribution in [0, 0.1) is 11.3 Å². The first-order valence-electron chi connectivity index (χ1n) is 7.95. The lowest BCUT2D eigenvalue weighted by Gasteiger charge is -2.38. The third kappa shape index (κ3) is 4.46. The second-order valence-electron chi connectivity index (χ2n) is 7.07. The number of benzene rings is 1. The van der Waals surface area contributed by atoms with Gasteiger partial charge in [0.15, 0.2) is 0 Å². The fourth-order valence-electron chi connectivity index (χ4n) is 3.42. The summed E-state index contributed by atoms with van der Waals surface area (Å²) in [7, 11) is 3.81. The van der Waals surface area contributed by atoms with Crippen molar-refractivity contribution in [3.8, 4) is 5.75 Å². The van der Waals surface area contributed by atoms with Crippen LogP contribution in [-0.2, 0) is 6.42 Å². The van der Waals surface area contributed by atoms with Crippen LogP contribution in [-0.4, -0.2) is 20.2 Å². The first-order valence-corrected chi connectivity index (χ1v) is 8.74. The zero-order valence-corrected chi connectivity index (χ0v) is 15.3. The highest BCUT2D eigenvalue weighted by atomic mass is 79.9. The van der Waals surface area contributed by atoms with E-state index < -0.39 is 0 Å². The highest BCUT2D eigenvalue weighted by Crippen LogP contribution is 2.39. The Hall–Kier alpha value is -0.540.